The predicted octanol–water partition coefficient (Wildman–Crippen LogP) is 3.74. The number of aliphatic hydroxyl groups is 1. The number of aryl methyl sites for hydroxylation is 1. The van der Waals surface area contributed by atoms with Crippen molar-refractivity contribution >= 4 is 39.1 Å². The van der Waals surface area contributed by atoms with E-state index in [1.54, 1.807) is 30.6 Å². The summed E-state index contributed by atoms with van der Waals surface area (Å²) in [6, 6.07) is 14.5. The summed E-state index contributed by atoms with van der Waals surface area (Å²) in [7, 11) is 3.73. The molecule has 9 heteroatoms. The molecule has 1 aromatic carbocycles. The van der Waals surface area contributed by atoms with E-state index in [-0.39, 0.29) is 11.0 Å². The number of carbonyl (C=O) groups is 1. The maximum Gasteiger partial charge on any atom is 0.257 e. The number of likely N-dealkylation sites (N-methyl/N-ethyl adjacent to an activating group) is 1. The van der Waals surface area contributed by atoms with Gasteiger partial charge in [-0.05, 0) is 42.9 Å². The zero-order chi connectivity index (χ0) is 24.2. The Kier molecular flexibility index (Phi) is 7.43. The Morgan fingerprint density at radius 3 is 2.74 bits per heavy atom. The molecule has 4 rings (SSSR count). The van der Waals surface area contributed by atoms with Gasteiger partial charge in [-0.3, -0.25) is 19.5 Å². The molecule has 0 saturated carbocycles. The molecule has 7 nitrogen and oxygen atoms in total. The number of pyridine rings is 2. The molecule has 1 unspecified atom stereocenters. The molecule has 1 atom stereocenters. The lowest BCUT2D eigenvalue weighted by atomic mass is 10.2. The number of thiophene rings is 1. The fourth-order valence-electron chi connectivity index (χ4n) is 3.72. The third-order valence-electron chi connectivity index (χ3n) is 5.45. The van der Waals surface area contributed by atoms with Gasteiger partial charge in [0.1, 0.15) is 16.5 Å². The second-order valence-electron chi connectivity index (χ2n) is 8.19. The fourth-order valence-corrected chi connectivity index (χ4v) is 5.02. The number of aromatic nitrogens is 2. The van der Waals surface area contributed by atoms with Crippen LogP contribution < -0.4 is 10.7 Å². The fraction of sp³-hybridized carbons (Fsp3) is 0.240. The molecule has 0 fully saturated rings. The van der Waals surface area contributed by atoms with Crippen LogP contribution in [0.25, 0.3) is 10.2 Å². The van der Waals surface area contributed by atoms with Crippen LogP contribution in [0.1, 0.15) is 32.6 Å². The van der Waals surface area contributed by atoms with Crippen LogP contribution in [0.4, 0.5) is 0 Å². The Bertz CT molecular complexity index is 1350. The Morgan fingerprint density at radius 2 is 2.03 bits per heavy atom. The van der Waals surface area contributed by atoms with Crippen molar-refractivity contribution in [1.29, 1.82) is 0 Å². The van der Waals surface area contributed by atoms with Crippen molar-refractivity contribution in [2.45, 2.75) is 19.2 Å². The van der Waals surface area contributed by atoms with Gasteiger partial charge in [-0.25, -0.2) is 0 Å². The van der Waals surface area contributed by atoms with Gasteiger partial charge < -0.3 is 15.0 Å². The lowest BCUT2D eigenvalue weighted by Gasteiger charge is -2.19. The average Bonchev–Trinajstić information content (AvgIpc) is 3.26. The number of fused-ring (bicyclic) bond motifs is 1. The molecule has 0 aliphatic heterocycles. The largest absolute Gasteiger partial charge is 0.385 e. The van der Waals surface area contributed by atoms with Gasteiger partial charge in [0.15, 0.2) is 0 Å². The second kappa shape index (κ2) is 10.5. The molecule has 2 N–H and O–H groups in total. The van der Waals surface area contributed by atoms with Gasteiger partial charge in [-0.1, -0.05) is 29.8 Å². The highest BCUT2D eigenvalue weighted by molar-refractivity contribution is 7.18. The van der Waals surface area contributed by atoms with Gasteiger partial charge in [0, 0.05) is 49.0 Å². The van der Waals surface area contributed by atoms with Crippen LogP contribution in [0.15, 0.2) is 65.7 Å². The molecular formula is C25H25ClN4O3S. The van der Waals surface area contributed by atoms with E-state index in [1.165, 1.54) is 11.3 Å². The highest BCUT2D eigenvalue weighted by atomic mass is 35.5. The zero-order valence-corrected chi connectivity index (χ0v) is 20.4. The van der Waals surface area contributed by atoms with E-state index >= 15 is 0 Å². The van der Waals surface area contributed by atoms with Crippen molar-refractivity contribution in [3.63, 3.8) is 0 Å². The van der Waals surface area contributed by atoms with E-state index in [4.69, 9.17) is 11.6 Å². The van der Waals surface area contributed by atoms with Crippen molar-refractivity contribution in [3.05, 3.63) is 97.9 Å². The monoisotopic (exact) mass is 496 g/mol. The summed E-state index contributed by atoms with van der Waals surface area (Å²) in [5.74, 6) is -0.416. The minimum atomic E-state index is -0.706. The minimum absolute atomic E-state index is 0.104. The lowest BCUT2D eigenvalue weighted by Crippen LogP contribution is -2.29. The number of nitrogens with one attached hydrogen (secondary N) is 1. The number of aliphatic hydroxyl groups excluding tert-OH is 1. The number of amides is 1. The minimum Gasteiger partial charge on any atom is -0.385 e. The number of benzene rings is 1. The van der Waals surface area contributed by atoms with Crippen LogP contribution in [0.2, 0.25) is 5.02 Å². The molecule has 0 saturated heterocycles. The normalized spacial score (nSPS) is 12.3. The molecule has 3 heterocycles. The highest BCUT2D eigenvalue weighted by Gasteiger charge is 2.18. The van der Waals surface area contributed by atoms with Crippen LogP contribution in [0.5, 0.6) is 0 Å². The Hall–Kier alpha value is -3.04. The second-order valence-corrected chi connectivity index (χ2v) is 9.74. The van der Waals surface area contributed by atoms with Crippen molar-refractivity contribution in [1.82, 2.24) is 19.8 Å². The maximum atomic E-state index is 13.1. The molecule has 34 heavy (non-hydrogen) atoms. The molecule has 0 aliphatic rings. The molecule has 4 aromatic rings. The standard InChI is InChI=1S/C25H25ClN4O3S/c1-29(15-22(31)21-5-3-4-10-27-21)13-18-11-19-23(32)20(14-30(2)25(19)34-18)24(33)28-12-16-6-8-17(26)9-7-16/h3-11,14,22,31H,12-13,15H2,1-2H3,(H,28,33). The lowest BCUT2D eigenvalue weighted by molar-refractivity contribution is 0.0949. The van der Waals surface area contributed by atoms with Crippen molar-refractivity contribution < 1.29 is 9.90 Å². The molecule has 176 valence electrons. The quantitative estimate of drug-likeness (QED) is 0.388. The third-order valence-corrected chi connectivity index (χ3v) is 6.91. The van der Waals surface area contributed by atoms with Gasteiger partial charge in [0.25, 0.3) is 5.91 Å². The number of carbonyl (C=O) groups excluding carboxylic acids is 1. The van der Waals surface area contributed by atoms with Gasteiger partial charge in [-0.15, -0.1) is 11.3 Å². The van der Waals surface area contributed by atoms with E-state index in [0.29, 0.717) is 35.7 Å². The summed E-state index contributed by atoms with van der Waals surface area (Å²) < 4.78 is 1.81. The van der Waals surface area contributed by atoms with Gasteiger partial charge in [0.05, 0.1) is 11.1 Å². The number of halogens is 1. The number of rotatable bonds is 8. The average molecular weight is 497 g/mol. The Balaban J connectivity index is 1.48. The summed E-state index contributed by atoms with van der Waals surface area (Å²) in [6.07, 6.45) is 2.53. The summed E-state index contributed by atoms with van der Waals surface area (Å²) in [4.78, 5) is 33.8. The van der Waals surface area contributed by atoms with Crippen molar-refractivity contribution in [2.24, 2.45) is 7.05 Å². The first-order valence-electron chi connectivity index (χ1n) is 10.7. The van der Waals surface area contributed by atoms with Crippen LogP contribution >= 0.6 is 22.9 Å². The topological polar surface area (TPSA) is 87.5 Å². The predicted molar refractivity (Wildman–Crippen MR) is 135 cm³/mol. The Labute approximate surface area is 206 Å². The molecule has 0 bridgehead atoms. The molecule has 0 spiro atoms. The van der Waals surface area contributed by atoms with E-state index < -0.39 is 12.0 Å². The van der Waals surface area contributed by atoms with Crippen molar-refractivity contribution in [3.8, 4) is 0 Å². The van der Waals surface area contributed by atoms with Crippen LogP contribution in [0, 0.1) is 0 Å². The third kappa shape index (κ3) is 5.53. The summed E-state index contributed by atoms with van der Waals surface area (Å²) in [5, 5.41) is 14.4. The molecule has 0 aliphatic carbocycles. The molecule has 0 radical (unpaired) electrons. The highest BCUT2D eigenvalue weighted by Crippen LogP contribution is 2.25. The van der Waals surface area contributed by atoms with E-state index in [2.05, 4.69) is 10.3 Å². The van der Waals surface area contributed by atoms with Crippen LogP contribution in [-0.4, -0.2) is 39.1 Å². The van der Waals surface area contributed by atoms with Gasteiger partial charge >= 0.3 is 0 Å². The smallest absolute Gasteiger partial charge is 0.257 e. The Morgan fingerprint density at radius 1 is 1.26 bits per heavy atom. The SMILES string of the molecule is CN(Cc1cc2c(=O)c(C(=O)NCc3ccc(Cl)cc3)cn(C)c2s1)CC(O)c1ccccn1. The first-order chi connectivity index (χ1) is 16.3. The maximum absolute atomic E-state index is 13.1. The molecule has 1 amide bonds. The summed E-state index contributed by atoms with van der Waals surface area (Å²) in [5.41, 5.74) is 1.32. The summed E-state index contributed by atoms with van der Waals surface area (Å²) >= 11 is 7.40. The number of hydrogen-bond donors (Lipinski definition) is 2. The van der Waals surface area contributed by atoms with E-state index in [1.807, 2.05) is 53.9 Å². The van der Waals surface area contributed by atoms with E-state index in [0.717, 1.165) is 15.3 Å². The van der Waals surface area contributed by atoms with Crippen LogP contribution in [0.3, 0.4) is 0 Å². The first-order valence-corrected chi connectivity index (χ1v) is 11.9. The van der Waals surface area contributed by atoms with Gasteiger partial charge in [0.2, 0.25) is 5.43 Å². The summed E-state index contributed by atoms with van der Waals surface area (Å²) in [6.45, 7) is 1.26. The first kappa shape index (κ1) is 24.1. The van der Waals surface area contributed by atoms with E-state index in [9.17, 15) is 14.7 Å². The van der Waals surface area contributed by atoms with Crippen molar-refractivity contribution in [2.75, 3.05) is 13.6 Å². The number of hydrogen-bond acceptors (Lipinski definition) is 6. The number of nitrogens with zero attached hydrogens (tertiary/aromatic N) is 3. The van der Waals surface area contributed by atoms with Gasteiger partial charge in [-0.2, -0.15) is 0 Å². The van der Waals surface area contributed by atoms with Crippen LogP contribution in [-0.2, 0) is 20.1 Å². The zero-order valence-electron chi connectivity index (χ0n) is 18.9. The molecule has 3 aromatic heterocycles. The molecular weight excluding hydrogens is 472 g/mol.